The number of carbonyl (C=O) groups is 1. The summed E-state index contributed by atoms with van der Waals surface area (Å²) in [7, 11) is 0. The van der Waals surface area contributed by atoms with Gasteiger partial charge >= 0.3 is 0 Å². The number of anilines is 1. The van der Waals surface area contributed by atoms with Gasteiger partial charge in [-0.1, -0.05) is 41.6 Å². The van der Waals surface area contributed by atoms with E-state index in [0.717, 1.165) is 11.1 Å². The Balaban J connectivity index is 1.68. The third-order valence-electron chi connectivity index (χ3n) is 4.54. The molecule has 1 aromatic heterocycles. The predicted molar refractivity (Wildman–Crippen MR) is 108 cm³/mol. The molecule has 4 rings (SSSR count). The van der Waals surface area contributed by atoms with Gasteiger partial charge in [0.25, 0.3) is 0 Å². The topological polar surface area (TPSA) is 71.8 Å². The zero-order valence-electron chi connectivity index (χ0n) is 15.1. The molecule has 0 unspecified atom stereocenters. The van der Waals surface area contributed by atoms with Crippen molar-refractivity contribution >= 4 is 35.0 Å². The number of nitrogens with zero attached hydrogens (tertiary/aromatic N) is 3. The van der Waals surface area contributed by atoms with Gasteiger partial charge in [-0.25, -0.2) is 9.07 Å². The molecule has 0 aliphatic carbocycles. The number of aromatic nitrogens is 3. The van der Waals surface area contributed by atoms with Crippen molar-refractivity contribution in [2.24, 2.45) is 0 Å². The van der Waals surface area contributed by atoms with Crippen LogP contribution in [0, 0.1) is 19.7 Å². The number of nitrogens with one attached hydrogen (secondary N) is 2. The summed E-state index contributed by atoms with van der Waals surface area (Å²) < 4.78 is 15.1. The summed E-state index contributed by atoms with van der Waals surface area (Å²) in [6.07, 6.45) is 0. The molecule has 2 N–H and O–H groups in total. The first-order chi connectivity index (χ1) is 13.4. The van der Waals surface area contributed by atoms with Crippen LogP contribution in [0.4, 0.5) is 10.1 Å². The summed E-state index contributed by atoms with van der Waals surface area (Å²) in [6.45, 7) is 3.72. The van der Waals surface area contributed by atoms with Gasteiger partial charge in [-0.05, 0) is 49.2 Å². The predicted octanol–water partition coefficient (Wildman–Crippen LogP) is 4.09. The number of hydrogen-bond acceptors (Lipinski definition) is 5. The van der Waals surface area contributed by atoms with Gasteiger partial charge in [0.1, 0.15) is 16.9 Å². The molecular formula is C19H17ClFN5OS. The molecule has 2 atom stereocenters. The Hall–Kier alpha value is -2.58. The number of hydrogen-bond donors (Lipinski definition) is 2. The zero-order chi connectivity index (χ0) is 19.8. The lowest BCUT2D eigenvalue weighted by Crippen LogP contribution is -2.41. The SMILES string of the molecule is Cc1ccc(Cl)cc1NC(=O)[C@H]1Sc2nnc(C)n2N[C@@H]1c1ccc(F)cc1. The lowest BCUT2D eigenvalue weighted by molar-refractivity contribution is -0.116. The van der Waals surface area contributed by atoms with Crippen LogP contribution in [0.3, 0.4) is 0 Å². The number of benzene rings is 2. The molecule has 0 saturated heterocycles. The summed E-state index contributed by atoms with van der Waals surface area (Å²) in [6, 6.07) is 11.0. The highest BCUT2D eigenvalue weighted by molar-refractivity contribution is 8.00. The normalized spacial score (nSPS) is 18.3. The molecule has 0 spiro atoms. The molecule has 2 aromatic carbocycles. The van der Waals surface area contributed by atoms with Crippen LogP contribution in [0.1, 0.15) is 23.0 Å². The van der Waals surface area contributed by atoms with Crippen molar-refractivity contribution in [2.75, 3.05) is 10.7 Å². The number of thioether (sulfide) groups is 1. The van der Waals surface area contributed by atoms with Gasteiger partial charge in [0.15, 0.2) is 0 Å². The van der Waals surface area contributed by atoms with Crippen LogP contribution in [-0.4, -0.2) is 26.0 Å². The fraction of sp³-hybridized carbons (Fsp3) is 0.211. The van der Waals surface area contributed by atoms with Crippen LogP contribution in [0.2, 0.25) is 5.02 Å². The highest BCUT2D eigenvalue weighted by atomic mass is 35.5. The molecule has 0 bridgehead atoms. The van der Waals surface area contributed by atoms with E-state index in [1.807, 2.05) is 19.9 Å². The van der Waals surface area contributed by atoms with E-state index in [-0.39, 0.29) is 11.7 Å². The molecule has 0 radical (unpaired) electrons. The quantitative estimate of drug-likeness (QED) is 0.671. The molecule has 9 heteroatoms. The van der Waals surface area contributed by atoms with Crippen LogP contribution in [-0.2, 0) is 4.79 Å². The smallest absolute Gasteiger partial charge is 0.240 e. The van der Waals surface area contributed by atoms with Crippen molar-refractivity contribution in [1.29, 1.82) is 0 Å². The maximum Gasteiger partial charge on any atom is 0.240 e. The third kappa shape index (κ3) is 3.57. The number of fused-ring (bicyclic) bond motifs is 1. The van der Waals surface area contributed by atoms with E-state index in [0.29, 0.717) is 21.7 Å². The fourth-order valence-corrected chi connectivity index (χ4v) is 4.31. The van der Waals surface area contributed by atoms with Crippen molar-refractivity contribution in [2.45, 2.75) is 30.3 Å². The fourth-order valence-electron chi connectivity index (χ4n) is 3.01. The number of halogens is 2. The van der Waals surface area contributed by atoms with E-state index in [1.165, 1.54) is 23.9 Å². The lowest BCUT2D eigenvalue weighted by atomic mass is 10.0. The minimum Gasteiger partial charge on any atom is -0.325 e. The molecule has 0 fully saturated rings. The molecule has 3 aromatic rings. The van der Waals surface area contributed by atoms with Crippen molar-refractivity contribution in [3.8, 4) is 0 Å². The molecular weight excluding hydrogens is 401 g/mol. The first-order valence-corrected chi connectivity index (χ1v) is 9.86. The Labute approximate surface area is 170 Å². The number of carbonyl (C=O) groups excluding carboxylic acids is 1. The zero-order valence-corrected chi connectivity index (χ0v) is 16.7. The van der Waals surface area contributed by atoms with E-state index in [1.54, 1.807) is 28.9 Å². The Morgan fingerprint density at radius 1 is 1.21 bits per heavy atom. The average molecular weight is 418 g/mol. The van der Waals surface area contributed by atoms with Crippen LogP contribution in [0.15, 0.2) is 47.6 Å². The van der Waals surface area contributed by atoms with Crippen molar-refractivity contribution in [3.05, 3.63) is 70.3 Å². The van der Waals surface area contributed by atoms with E-state index in [2.05, 4.69) is 20.9 Å². The summed E-state index contributed by atoms with van der Waals surface area (Å²) in [4.78, 5) is 13.2. The van der Waals surface area contributed by atoms with Gasteiger partial charge in [0.2, 0.25) is 11.1 Å². The largest absolute Gasteiger partial charge is 0.325 e. The second-order valence-electron chi connectivity index (χ2n) is 6.51. The van der Waals surface area contributed by atoms with Gasteiger partial charge in [-0.3, -0.25) is 4.79 Å². The molecule has 1 aliphatic rings. The number of aryl methyl sites for hydroxylation is 2. The van der Waals surface area contributed by atoms with E-state index in [9.17, 15) is 9.18 Å². The van der Waals surface area contributed by atoms with Gasteiger partial charge in [0.05, 0.1) is 6.04 Å². The third-order valence-corrected chi connectivity index (χ3v) is 5.99. The van der Waals surface area contributed by atoms with Gasteiger partial charge in [-0.2, -0.15) is 0 Å². The maximum absolute atomic E-state index is 13.4. The van der Waals surface area contributed by atoms with Crippen molar-refractivity contribution in [1.82, 2.24) is 14.9 Å². The van der Waals surface area contributed by atoms with Gasteiger partial charge < -0.3 is 10.7 Å². The van der Waals surface area contributed by atoms with Crippen LogP contribution in [0.5, 0.6) is 0 Å². The first kappa shape index (κ1) is 18.8. The molecule has 6 nitrogen and oxygen atoms in total. The Morgan fingerprint density at radius 2 is 1.96 bits per heavy atom. The van der Waals surface area contributed by atoms with Crippen LogP contribution >= 0.6 is 23.4 Å². The summed E-state index contributed by atoms with van der Waals surface area (Å²) in [5.41, 5.74) is 5.63. The van der Waals surface area contributed by atoms with Gasteiger partial charge in [-0.15, -0.1) is 10.2 Å². The highest BCUT2D eigenvalue weighted by Gasteiger charge is 2.37. The molecule has 144 valence electrons. The molecule has 1 amide bonds. The highest BCUT2D eigenvalue weighted by Crippen LogP contribution is 2.37. The van der Waals surface area contributed by atoms with Crippen molar-refractivity contribution < 1.29 is 9.18 Å². The van der Waals surface area contributed by atoms with Crippen LogP contribution in [0.25, 0.3) is 0 Å². The van der Waals surface area contributed by atoms with E-state index >= 15 is 0 Å². The minimum absolute atomic E-state index is 0.205. The minimum atomic E-state index is -0.542. The Bertz CT molecular complexity index is 1040. The summed E-state index contributed by atoms with van der Waals surface area (Å²) in [5, 5.41) is 11.7. The molecule has 0 saturated carbocycles. The number of rotatable bonds is 3. The molecule has 28 heavy (non-hydrogen) atoms. The average Bonchev–Trinajstić information content (AvgIpc) is 3.04. The molecule has 1 aliphatic heterocycles. The van der Waals surface area contributed by atoms with Crippen molar-refractivity contribution in [3.63, 3.8) is 0 Å². The molecule has 2 heterocycles. The first-order valence-electron chi connectivity index (χ1n) is 8.60. The number of amides is 1. The summed E-state index contributed by atoms with van der Waals surface area (Å²) in [5.74, 6) is 0.146. The van der Waals surface area contributed by atoms with Gasteiger partial charge in [0, 0.05) is 10.7 Å². The van der Waals surface area contributed by atoms with E-state index in [4.69, 9.17) is 11.6 Å². The van der Waals surface area contributed by atoms with E-state index < -0.39 is 11.3 Å². The maximum atomic E-state index is 13.4. The van der Waals surface area contributed by atoms with Crippen LogP contribution < -0.4 is 10.7 Å². The Kier molecular flexibility index (Phi) is 4.99. The second-order valence-corrected chi connectivity index (χ2v) is 8.06. The lowest BCUT2D eigenvalue weighted by Gasteiger charge is -2.32. The standard InChI is InChI=1S/C19H17ClFN5OS/c1-10-3-6-13(20)9-15(10)22-18(27)17-16(12-4-7-14(21)8-5-12)25-26-11(2)23-24-19(26)28-17/h3-9,16-17,25H,1-2H3,(H,22,27)/t16-,17+/m1/s1. The Morgan fingerprint density at radius 3 is 2.71 bits per heavy atom. The monoisotopic (exact) mass is 417 g/mol. The second kappa shape index (κ2) is 7.44. The summed E-state index contributed by atoms with van der Waals surface area (Å²) >= 11 is 7.38.